The highest BCUT2D eigenvalue weighted by Gasteiger charge is 1.95. The molecule has 0 unspecified atom stereocenters. The molecule has 0 aromatic carbocycles. The van der Waals surface area contributed by atoms with Gasteiger partial charge in [-0.25, -0.2) is 0 Å². The van der Waals surface area contributed by atoms with Gasteiger partial charge in [0.1, 0.15) is 1.43 Å². The van der Waals surface area contributed by atoms with Crippen molar-refractivity contribution in [2.75, 3.05) is 0 Å². The average molecular weight is 137 g/mol. The Morgan fingerprint density at radius 1 is 1.50 bits per heavy atom. The highest BCUT2D eigenvalue weighted by molar-refractivity contribution is 6.03. The maximum absolute atomic E-state index is 10.7. The van der Waals surface area contributed by atoms with Crippen LogP contribution in [0.5, 0.6) is 0 Å². The van der Waals surface area contributed by atoms with E-state index in [0.29, 0.717) is 5.71 Å². The molecule has 0 fully saturated rings. The zero-order valence-corrected chi connectivity index (χ0v) is 5.13. The summed E-state index contributed by atoms with van der Waals surface area (Å²) >= 11 is 0. The zero-order chi connectivity index (χ0) is 8.27. The first kappa shape index (κ1) is 5.29. The van der Waals surface area contributed by atoms with E-state index >= 15 is 0 Å². The van der Waals surface area contributed by atoms with Crippen molar-refractivity contribution in [3.63, 3.8) is 0 Å². The first-order valence-electron chi connectivity index (χ1n) is 3.14. The topological polar surface area (TPSA) is 67.1 Å². The second-order valence-corrected chi connectivity index (χ2v) is 1.86. The second-order valence-electron chi connectivity index (χ2n) is 1.86. The van der Waals surface area contributed by atoms with E-state index in [-0.39, 0.29) is 5.57 Å². The summed E-state index contributed by atoms with van der Waals surface area (Å²) in [6.07, 6.45) is 5.82. The molecule has 2 N–H and O–H groups in total. The van der Waals surface area contributed by atoms with E-state index in [2.05, 4.69) is 5.11 Å². The van der Waals surface area contributed by atoms with Crippen LogP contribution in [-0.2, 0) is 0 Å². The third-order valence-electron chi connectivity index (χ3n) is 1.12. The molecule has 1 aliphatic rings. The van der Waals surface area contributed by atoms with Crippen molar-refractivity contribution >= 4 is 5.71 Å². The van der Waals surface area contributed by atoms with Crippen molar-refractivity contribution in [1.82, 2.24) is 0 Å². The molecule has 0 bridgehead atoms. The SMILES string of the molecule is [2H]OC([O-])=C1C=CC(=N)C=C1. The standard InChI is InChI=1S/C7H7NO2/c8-6-3-1-5(2-4-6)7(9)10/h1-4,8-10H/p-1/i/hD. The van der Waals surface area contributed by atoms with Gasteiger partial charge < -0.3 is 15.6 Å². The molecule has 0 saturated heterocycles. The van der Waals surface area contributed by atoms with Crippen LogP contribution in [0.15, 0.2) is 35.8 Å². The summed E-state index contributed by atoms with van der Waals surface area (Å²) in [5.74, 6) is -0.704. The molecule has 1 aliphatic carbocycles. The van der Waals surface area contributed by atoms with E-state index in [9.17, 15) is 5.11 Å². The van der Waals surface area contributed by atoms with Crippen LogP contribution in [0.3, 0.4) is 0 Å². The normalized spacial score (nSPS) is 17.0. The van der Waals surface area contributed by atoms with E-state index in [4.69, 9.17) is 6.84 Å². The van der Waals surface area contributed by atoms with Gasteiger partial charge in [-0.3, -0.25) is 0 Å². The van der Waals surface area contributed by atoms with Crippen LogP contribution in [0.2, 0.25) is 0 Å². The average Bonchev–Trinajstić information content (AvgIpc) is 2.05. The minimum absolute atomic E-state index is 0.288. The Kier molecular flexibility index (Phi) is 1.26. The fourth-order valence-electron chi connectivity index (χ4n) is 0.606. The largest absolute Gasteiger partial charge is 0.629 e. The monoisotopic (exact) mass is 137 g/mol. The number of hydrogen-bond donors (Lipinski definition) is 2. The van der Waals surface area contributed by atoms with Crippen molar-refractivity contribution < 1.29 is 10.2 Å². The highest BCUT2D eigenvalue weighted by Crippen LogP contribution is 2.06. The molecule has 0 aliphatic heterocycles. The van der Waals surface area contributed by atoms with Gasteiger partial charge in [0.2, 0.25) is 0 Å². The lowest BCUT2D eigenvalue weighted by molar-refractivity contribution is -0.349. The fraction of sp³-hybridized carbons (Fsp3) is 0. The third kappa shape index (κ3) is 1.25. The van der Waals surface area contributed by atoms with Crippen LogP contribution in [0.25, 0.3) is 1.43 Å². The molecule has 0 aromatic heterocycles. The van der Waals surface area contributed by atoms with Gasteiger partial charge in [-0.05, 0) is 17.7 Å². The summed E-state index contributed by atoms with van der Waals surface area (Å²) in [7, 11) is 0. The van der Waals surface area contributed by atoms with Gasteiger partial charge in [-0.1, -0.05) is 12.2 Å². The molecule has 0 atom stereocenters. The fourth-order valence-corrected chi connectivity index (χ4v) is 0.606. The molecule has 0 aromatic rings. The zero-order valence-electron chi connectivity index (χ0n) is 6.13. The lowest BCUT2D eigenvalue weighted by atomic mass is 10.1. The minimum Gasteiger partial charge on any atom is -0.629 e. The molecule has 0 amide bonds. The van der Waals surface area contributed by atoms with Crippen molar-refractivity contribution in [3.05, 3.63) is 35.8 Å². The van der Waals surface area contributed by atoms with Crippen LogP contribution in [-0.4, -0.2) is 10.8 Å². The Morgan fingerprint density at radius 2 is 2.10 bits per heavy atom. The summed E-state index contributed by atoms with van der Waals surface area (Å²) < 4.78 is 6.30. The Bertz CT molecular complexity index is 248. The Morgan fingerprint density at radius 3 is 2.60 bits per heavy atom. The second kappa shape index (κ2) is 2.39. The number of nitrogens with one attached hydrogen (secondary N) is 1. The molecule has 0 radical (unpaired) electrons. The molecule has 1 rings (SSSR count). The molecular weight excluding hydrogens is 130 g/mol. The molecule has 52 valence electrons. The summed E-state index contributed by atoms with van der Waals surface area (Å²) in [6.45, 7) is 0. The van der Waals surface area contributed by atoms with E-state index < -0.39 is 5.95 Å². The minimum atomic E-state index is -0.704. The van der Waals surface area contributed by atoms with E-state index in [1.807, 2.05) is 0 Å². The van der Waals surface area contributed by atoms with Gasteiger partial charge >= 0.3 is 0 Å². The van der Waals surface area contributed by atoms with E-state index in [1.54, 1.807) is 0 Å². The maximum atomic E-state index is 10.7. The van der Waals surface area contributed by atoms with Gasteiger partial charge in [0.05, 0.1) is 11.7 Å². The van der Waals surface area contributed by atoms with Crippen LogP contribution in [0, 0.1) is 5.41 Å². The molecule has 0 heterocycles. The number of rotatable bonds is 1. The smallest absolute Gasteiger partial charge is 0.102 e. The quantitative estimate of drug-likeness (QED) is 0.509. The van der Waals surface area contributed by atoms with Crippen molar-refractivity contribution in [2.45, 2.75) is 0 Å². The lowest BCUT2D eigenvalue weighted by Gasteiger charge is -2.05. The molecular formula is C7H6NO2-. The number of aliphatic hydroxyl groups excluding tert-OH is 1. The summed E-state index contributed by atoms with van der Waals surface area (Å²) in [6, 6.07) is 0. The Balaban J connectivity index is 2.87. The van der Waals surface area contributed by atoms with Gasteiger partial charge in [-0.15, -0.1) is 0 Å². The first-order chi connectivity index (χ1) is 5.24. The number of allylic oxidation sites excluding steroid dienone is 5. The van der Waals surface area contributed by atoms with Crippen LogP contribution >= 0.6 is 0 Å². The lowest BCUT2D eigenvalue weighted by Crippen LogP contribution is -2.06. The van der Waals surface area contributed by atoms with Crippen molar-refractivity contribution in [3.8, 4) is 0 Å². The van der Waals surface area contributed by atoms with Gasteiger partial charge in [0.15, 0.2) is 0 Å². The predicted molar refractivity (Wildman–Crippen MR) is 35.7 cm³/mol. The summed E-state index contributed by atoms with van der Waals surface area (Å²) in [4.78, 5) is 0. The molecule has 10 heavy (non-hydrogen) atoms. The predicted octanol–water partition coefficient (Wildman–Crippen LogP) is 0.262. The van der Waals surface area contributed by atoms with Gasteiger partial charge in [0.25, 0.3) is 0 Å². The maximum Gasteiger partial charge on any atom is 0.102 e. The third-order valence-corrected chi connectivity index (χ3v) is 1.12. The van der Waals surface area contributed by atoms with Crippen LogP contribution in [0.4, 0.5) is 0 Å². The van der Waals surface area contributed by atoms with Gasteiger partial charge in [-0.2, -0.15) is 0 Å². The van der Waals surface area contributed by atoms with Crippen LogP contribution < -0.4 is 5.11 Å². The van der Waals surface area contributed by atoms with Crippen molar-refractivity contribution in [1.29, 1.82) is 6.84 Å². The Labute approximate surface area is 59.6 Å². The summed E-state index contributed by atoms with van der Waals surface area (Å²) in [5.41, 5.74) is 0.613. The van der Waals surface area contributed by atoms with E-state index in [1.165, 1.54) is 24.3 Å². The molecule has 0 saturated carbocycles. The molecule has 0 spiro atoms. The molecule has 3 nitrogen and oxygen atoms in total. The first-order valence-corrected chi connectivity index (χ1v) is 2.73. The van der Waals surface area contributed by atoms with E-state index in [0.717, 1.165) is 0 Å². The summed E-state index contributed by atoms with van der Waals surface area (Å²) in [5, 5.41) is 21.5. The highest BCUT2D eigenvalue weighted by atomic mass is 16.5. The number of hydrogen-bond acceptors (Lipinski definition) is 3. The van der Waals surface area contributed by atoms with Crippen LogP contribution in [0.1, 0.15) is 0 Å². The van der Waals surface area contributed by atoms with Crippen molar-refractivity contribution in [2.24, 2.45) is 0 Å². The Hall–Kier alpha value is -1.51. The molecule has 3 heteroatoms. The van der Waals surface area contributed by atoms with Gasteiger partial charge in [0, 0.05) is 0 Å². The number of aliphatic hydroxyl groups is 1.